The minimum atomic E-state index is 0. The molecule has 0 saturated carbocycles. The SMILES string of the molecule is C[N-]c1cccc(C)c1.[K+]. The van der Waals surface area contributed by atoms with E-state index in [4.69, 9.17) is 0 Å². The van der Waals surface area contributed by atoms with Crippen molar-refractivity contribution in [2.24, 2.45) is 0 Å². The molecule has 0 heterocycles. The van der Waals surface area contributed by atoms with E-state index in [1.54, 1.807) is 7.05 Å². The Hall–Kier alpha value is 0.656. The van der Waals surface area contributed by atoms with Crippen LogP contribution in [0, 0.1) is 6.92 Å². The summed E-state index contributed by atoms with van der Waals surface area (Å²) in [6.45, 7) is 2.06. The van der Waals surface area contributed by atoms with Gasteiger partial charge in [0, 0.05) is 0 Å². The summed E-state index contributed by atoms with van der Waals surface area (Å²) < 4.78 is 0. The van der Waals surface area contributed by atoms with Crippen LogP contribution >= 0.6 is 0 Å². The monoisotopic (exact) mass is 159 g/mol. The zero-order valence-electron chi connectivity index (χ0n) is 6.76. The van der Waals surface area contributed by atoms with Crippen molar-refractivity contribution in [3.8, 4) is 0 Å². The second-order valence-corrected chi connectivity index (χ2v) is 2.06. The Morgan fingerprint density at radius 1 is 1.30 bits per heavy atom. The molecular formula is C8H10KN. The maximum atomic E-state index is 4.03. The number of nitrogens with zero attached hydrogens (tertiary/aromatic N) is 1. The first-order chi connectivity index (χ1) is 4.33. The van der Waals surface area contributed by atoms with Gasteiger partial charge in [-0.3, -0.25) is 0 Å². The quantitative estimate of drug-likeness (QED) is 0.497. The first-order valence-electron chi connectivity index (χ1n) is 2.99. The van der Waals surface area contributed by atoms with Crippen LogP contribution in [-0.4, -0.2) is 7.05 Å². The summed E-state index contributed by atoms with van der Waals surface area (Å²) in [6.07, 6.45) is 0. The van der Waals surface area contributed by atoms with E-state index in [9.17, 15) is 0 Å². The molecule has 2 heteroatoms. The van der Waals surface area contributed by atoms with Crippen molar-refractivity contribution >= 4 is 5.69 Å². The van der Waals surface area contributed by atoms with Crippen LogP contribution in [0.4, 0.5) is 5.69 Å². The molecule has 0 radical (unpaired) electrons. The van der Waals surface area contributed by atoms with Crippen molar-refractivity contribution in [3.05, 3.63) is 35.1 Å². The zero-order chi connectivity index (χ0) is 6.69. The van der Waals surface area contributed by atoms with Crippen LogP contribution in [0.1, 0.15) is 5.56 Å². The van der Waals surface area contributed by atoms with E-state index in [-0.39, 0.29) is 51.4 Å². The number of benzene rings is 1. The Bertz CT molecular complexity index is 198. The van der Waals surface area contributed by atoms with Crippen LogP contribution in [0.2, 0.25) is 0 Å². The third-order valence-electron chi connectivity index (χ3n) is 1.26. The van der Waals surface area contributed by atoms with E-state index < -0.39 is 0 Å². The molecule has 48 valence electrons. The molecule has 0 amide bonds. The molecule has 1 aromatic rings. The van der Waals surface area contributed by atoms with Gasteiger partial charge in [0.1, 0.15) is 0 Å². The maximum Gasteiger partial charge on any atom is 1.00 e. The molecule has 0 bridgehead atoms. The summed E-state index contributed by atoms with van der Waals surface area (Å²) in [5.41, 5.74) is 2.31. The van der Waals surface area contributed by atoms with Gasteiger partial charge in [0.15, 0.2) is 0 Å². The van der Waals surface area contributed by atoms with Gasteiger partial charge in [-0.15, -0.1) is 12.7 Å². The molecule has 0 atom stereocenters. The molecule has 0 fully saturated rings. The largest absolute Gasteiger partial charge is 1.00 e. The van der Waals surface area contributed by atoms with E-state index in [0.717, 1.165) is 5.69 Å². The fourth-order valence-corrected chi connectivity index (χ4v) is 0.767. The van der Waals surface area contributed by atoms with E-state index in [0.29, 0.717) is 0 Å². The molecule has 1 nitrogen and oxygen atoms in total. The topological polar surface area (TPSA) is 14.1 Å². The molecule has 0 spiro atoms. The van der Waals surface area contributed by atoms with Crippen molar-refractivity contribution < 1.29 is 51.4 Å². The average Bonchev–Trinajstić information content (AvgIpc) is 1.88. The summed E-state index contributed by atoms with van der Waals surface area (Å²) in [4.78, 5) is 0. The molecule has 0 aromatic heterocycles. The van der Waals surface area contributed by atoms with Gasteiger partial charge < -0.3 is 5.32 Å². The van der Waals surface area contributed by atoms with Gasteiger partial charge in [0.05, 0.1) is 0 Å². The second kappa shape index (κ2) is 5.33. The van der Waals surface area contributed by atoms with E-state index >= 15 is 0 Å². The normalized spacial score (nSPS) is 8.20. The molecular weight excluding hydrogens is 149 g/mol. The van der Waals surface area contributed by atoms with E-state index in [2.05, 4.69) is 24.4 Å². The molecule has 0 aliphatic carbocycles. The van der Waals surface area contributed by atoms with Crippen LogP contribution in [0.5, 0.6) is 0 Å². The van der Waals surface area contributed by atoms with Crippen molar-refractivity contribution in [2.45, 2.75) is 6.92 Å². The van der Waals surface area contributed by atoms with Crippen LogP contribution in [0.25, 0.3) is 5.32 Å². The standard InChI is InChI=1S/C8H10N.K/c1-7-4-3-5-8(6-7)9-2;/h3-6H,1-2H3;/q-1;+1. The van der Waals surface area contributed by atoms with Gasteiger partial charge in [-0.25, -0.2) is 0 Å². The van der Waals surface area contributed by atoms with Crippen molar-refractivity contribution in [2.75, 3.05) is 7.05 Å². The van der Waals surface area contributed by atoms with Crippen LogP contribution in [0.3, 0.4) is 0 Å². The van der Waals surface area contributed by atoms with Crippen molar-refractivity contribution in [1.29, 1.82) is 0 Å². The number of rotatable bonds is 1. The third-order valence-corrected chi connectivity index (χ3v) is 1.26. The second-order valence-electron chi connectivity index (χ2n) is 2.06. The van der Waals surface area contributed by atoms with E-state index in [1.807, 2.05) is 12.1 Å². The maximum absolute atomic E-state index is 4.03. The van der Waals surface area contributed by atoms with Crippen LogP contribution < -0.4 is 51.4 Å². The Morgan fingerprint density at radius 2 is 2.00 bits per heavy atom. The van der Waals surface area contributed by atoms with Gasteiger partial charge in [-0.05, 0) is 6.92 Å². The van der Waals surface area contributed by atoms with Gasteiger partial charge in [-0.2, -0.15) is 0 Å². The summed E-state index contributed by atoms with van der Waals surface area (Å²) >= 11 is 0. The summed E-state index contributed by atoms with van der Waals surface area (Å²) in [5.74, 6) is 0. The molecule has 0 aliphatic rings. The predicted octanol–water partition coefficient (Wildman–Crippen LogP) is -0.366. The van der Waals surface area contributed by atoms with Gasteiger partial charge in [0.25, 0.3) is 0 Å². The molecule has 0 unspecified atom stereocenters. The fourth-order valence-electron chi connectivity index (χ4n) is 0.767. The Kier molecular flexibility index (Phi) is 5.68. The predicted molar refractivity (Wildman–Crippen MR) is 40.1 cm³/mol. The smallest absolute Gasteiger partial charge is 0.687 e. The molecule has 0 N–H and O–H groups in total. The third kappa shape index (κ3) is 3.17. The Morgan fingerprint density at radius 3 is 2.40 bits per heavy atom. The van der Waals surface area contributed by atoms with Crippen molar-refractivity contribution in [3.63, 3.8) is 0 Å². The first-order valence-corrected chi connectivity index (χ1v) is 2.99. The molecule has 1 rings (SSSR count). The minimum absolute atomic E-state index is 0. The number of hydrogen-bond donors (Lipinski definition) is 0. The molecule has 10 heavy (non-hydrogen) atoms. The molecule has 0 aliphatic heterocycles. The minimum Gasteiger partial charge on any atom is -0.687 e. The number of hydrogen-bond acceptors (Lipinski definition) is 0. The summed E-state index contributed by atoms with van der Waals surface area (Å²) in [6, 6.07) is 8.12. The van der Waals surface area contributed by atoms with Gasteiger partial charge >= 0.3 is 51.4 Å². The Labute approximate surface area is 105 Å². The van der Waals surface area contributed by atoms with Crippen LogP contribution in [0.15, 0.2) is 24.3 Å². The molecule has 0 saturated heterocycles. The Balaban J connectivity index is 0.000000810. The van der Waals surface area contributed by atoms with Crippen LogP contribution in [-0.2, 0) is 0 Å². The summed E-state index contributed by atoms with van der Waals surface area (Å²) in [5, 5.41) is 4.03. The van der Waals surface area contributed by atoms with Gasteiger partial charge in [0.2, 0.25) is 0 Å². The number of aryl methyl sites for hydroxylation is 1. The summed E-state index contributed by atoms with van der Waals surface area (Å²) in [7, 11) is 1.80. The van der Waals surface area contributed by atoms with Crippen molar-refractivity contribution in [1.82, 2.24) is 0 Å². The fraction of sp³-hybridized carbons (Fsp3) is 0.250. The molecule has 1 aromatic carbocycles. The first kappa shape index (κ1) is 10.7. The zero-order valence-corrected chi connectivity index (χ0v) is 9.88. The average molecular weight is 159 g/mol. The van der Waals surface area contributed by atoms with Gasteiger partial charge in [-0.1, -0.05) is 29.8 Å². The van der Waals surface area contributed by atoms with E-state index in [1.165, 1.54) is 5.56 Å².